The first-order valence-corrected chi connectivity index (χ1v) is 9.41. The zero-order valence-corrected chi connectivity index (χ0v) is 16.7. The molecule has 2 aromatic carbocycles. The number of primary amides is 1. The Labute approximate surface area is 166 Å². The van der Waals surface area contributed by atoms with Gasteiger partial charge in [-0.2, -0.15) is 0 Å². The average molecular weight is 426 g/mol. The van der Waals surface area contributed by atoms with E-state index in [1.807, 2.05) is 62.4 Å². The Balaban J connectivity index is 2.16. The first-order chi connectivity index (χ1) is 12.9. The topological polar surface area (TPSA) is 76.3 Å². The molecule has 6 heteroatoms. The van der Waals surface area contributed by atoms with Crippen molar-refractivity contribution in [3.8, 4) is 11.3 Å². The summed E-state index contributed by atoms with van der Waals surface area (Å²) in [5.41, 5.74) is 8.19. The van der Waals surface area contributed by atoms with E-state index in [4.69, 9.17) is 10.7 Å². The number of aromatic nitrogens is 1. The highest BCUT2D eigenvalue weighted by atomic mass is 79.9. The minimum absolute atomic E-state index is 0.124. The molecule has 2 amide bonds. The number of carbonyl (C=O) groups excluding carboxylic acids is 2. The molecule has 1 heterocycles. The van der Waals surface area contributed by atoms with Crippen molar-refractivity contribution in [2.45, 2.75) is 19.9 Å². The van der Waals surface area contributed by atoms with Crippen LogP contribution < -0.4 is 5.73 Å². The zero-order chi connectivity index (χ0) is 19.6. The van der Waals surface area contributed by atoms with E-state index >= 15 is 0 Å². The van der Waals surface area contributed by atoms with Gasteiger partial charge in [-0.05, 0) is 38.1 Å². The summed E-state index contributed by atoms with van der Waals surface area (Å²) in [5.74, 6) is -0.774. The fourth-order valence-corrected chi connectivity index (χ4v) is 3.20. The van der Waals surface area contributed by atoms with Crippen LogP contribution in [0.1, 0.15) is 24.2 Å². The van der Waals surface area contributed by atoms with Crippen molar-refractivity contribution < 1.29 is 9.59 Å². The van der Waals surface area contributed by atoms with E-state index in [0.717, 1.165) is 20.9 Å². The van der Waals surface area contributed by atoms with Gasteiger partial charge in [-0.1, -0.05) is 46.3 Å². The highest BCUT2D eigenvalue weighted by Gasteiger charge is 2.23. The van der Waals surface area contributed by atoms with Crippen molar-refractivity contribution in [3.05, 3.63) is 64.6 Å². The summed E-state index contributed by atoms with van der Waals surface area (Å²) in [5, 5.41) is 0.749. The van der Waals surface area contributed by atoms with E-state index in [9.17, 15) is 9.59 Å². The Hall–Kier alpha value is -2.73. The summed E-state index contributed by atoms with van der Waals surface area (Å²) in [7, 11) is 0. The number of nitrogens with zero attached hydrogens (tertiary/aromatic N) is 2. The molecule has 0 radical (unpaired) electrons. The molecule has 2 N–H and O–H groups in total. The molecule has 0 spiro atoms. The summed E-state index contributed by atoms with van der Waals surface area (Å²) in [6.45, 7) is 3.60. The van der Waals surface area contributed by atoms with E-state index in [-0.39, 0.29) is 18.5 Å². The first kappa shape index (κ1) is 19.0. The summed E-state index contributed by atoms with van der Waals surface area (Å²) in [6.07, 6.45) is 0. The number of pyridine rings is 1. The van der Waals surface area contributed by atoms with Crippen molar-refractivity contribution in [2.75, 3.05) is 6.54 Å². The number of nitrogens with two attached hydrogens (primary N) is 1. The number of hydrogen-bond acceptors (Lipinski definition) is 3. The van der Waals surface area contributed by atoms with Crippen LogP contribution in [0.3, 0.4) is 0 Å². The largest absolute Gasteiger partial charge is 0.368 e. The predicted octanol–water partition coefficient (Wildman–Crippen LogP) is 4.00. The Bertz CT molecular complexity index is 1000. The summed E-state index contributed by atoms with van der Waals surface area (Å²) >= 11 is 3.43. The minimum Gasteiger partial charge on any atom is -0.368 e. The number of para-hydroxylation sites is 1. The van der Waals surface area contributed by atoms with Gasteiger partial charge >= 0.3 is 0 Å². The Morgan fingerprint density at radius 3 is 2.41 bits per heavy atom. The van der Waals surface area contributed by atoms with Crippen molar-refractivity contribution in [1.82, 2.24) is 9.88 Å². The molecule has 0 bridgehead atoms. The van der Waals surface area contributed by atoms with Crippen LogP contribution in [0.25, 0.3) is 22.2 Å². The van der Waals surface area contributed by atoms with Crippen LogP contribution in [-0.4, -0.2) is 34.3 Å². The van der Waals surface area contributed by atoms with Gasteiger partial charge in [0.05, 0.1) is 23.3 Å². The van der Waals surface area contributed by atoms with Crippen LogP contribution in [0.15, 0.2) is 59.1 Å². The minimum atomic E-state index is -0.538. The lowest BCUT2D eigenvalue weighted by Crippen LogP contribution is -2.42. The van der Waals surface area contributed by atoms with Gasteiger partial charge in [-0.15, -0.1) is 0 Å². The molecule has 27 heavy (non-hydrogen) atoms. The Morgan fingerprint density at radius 2 is 1.78 bits per heavy atom. The maximum Gasteiger partial charge on any atom is 0.255 e. The normalized spacial score (nSPS) is 11.0. The van der Waals surface area contributed by atoms with E-state index in [1.165, 1.54) is 4.90 Å². The van der Waals surface area contributed by atoms with Crippen LogP contribution in [0.5, 0.6) is 0 Å². The molecule has 0 atom stereocenters. The van der Waals surface area contributed by atoms with Crippen molar-refractivity contribution >= 4 is 38.6 Å². The molecule has 5 nitrogen and oxygen atoms in total. The predicted molar refractivity (Wildman–Crippen MR) is 110 cm³/mol. The smallest absolute Gasteiger partial charge is 0.255 e. The second-order valence-electron chi connectivity index (χ2n) is 6.57. The Morgan fingerprint density at radius 1 is 1.11 bits per heavy atom. The number of carbonyl (C=O) groups is 2. The molecule has 0 saturated heterocycles. The van der Waals surface area contributed by atoms with E-state index < -0.39 is 5.91 Å². The lowest BCUT2D eigenvalue weighted by atomic mass is 10.0. The molecule has 3 aromatic rings. The van der Waals surface area contributed by atoms with E-state index in [0.29, 0.717) is 11.3 Å². The number of amides is 2. The van der Waals surface area contributed by atoms with E-state index in [2.05, 4.69) is 15.9 Å². The number of rotatable bonds is 5. The standard InChI is InChI=1S/C21H20BrN3O2/c1-13(2)25(12-20(23)26)21(27)17-11-19(14-7-9-15(22)10-8-14)24-18-6-4-3-5-16(17)18/h3-11,13H,12H2,1-2H3,(H2,23,26). The molecule has 1 aromatic heterocycles. The average Bonchev–Trinajstić information content (AvgIpc) is 2.65. The molecule has 0 fully saturated rings. The maximum atomic E-state index is 13.3. The maximum absolute atomic E-state index is 13.3. The molecule has 0 saturated carbocycles. The number of hydrogen-bond donors (Lipinski definition) is 1. The molecule has 0 unspecified atom stereocenters. The molecule has 138 valence electrons. The van der Waals surface area contributed by atoms with Gasteiger partial charge in [0.25, 0.3) is 5.91 Å². The van der Waals surface area contributed by atoms with Crippen LogP contribution in [-0.2, 0) is 4.79 Å². The third kappa shape index (κ3) is 4.17. The SMILES string of the molecule is CC(C)N(CC(N)=O)C(=O)c1cc(-c2ccc(Br)cc2)nc2ccccc12. The quantitative estimate of drug-likeness (QED) is 0.670. The van der Waals surface area contributed by atoms with Crippen LogP contribution in [0.4, 0.5) is 0 Å². The van der Waals surface area contributed by atoms with Crippen molar-refractivity contribution in [3.63, 3.8) is 0 Å². The fraction of sp³-hybridized carbons (Fsp3) is 0.190. The monoisotopic (exact) mass is 425 g/mol. The fourth-order valence-electron chi connectivity index (χ4n) is 2.93. The summed E-state index contributed by atoms with van der Waals surface area (Å²) in [6, 6.07) is 16.9. The van der Waals surface area contributed by atoms with Gasteiger partial charge in [-0.25, -0.2) is 4.98 Å². The van der Waals surface area contributed by atoms with Crippen LogP contribution >= 0.6 is 15.9 Å². The molecule has 0 aliphatic rings. The summed E-state index contributed by atoms with van der Waals surface area (Å²) < 4.78 is 0.968. The highest BCUT2D eigenvalue weighted by molar-refractivity contribution is 9.10. The summed E-state index contributed by atoms with van der Waals surface area (Å²) in [4.78, 5) is 30.9. The molecular formula is C21H20BrN3O2. The van der Waals surface area contributed by atoms with Crippen LogP contribution in [0.2, 0.25) is 0 Å². The number of benzene rings is 2. The van der Waals surface area contributed by atoms with Gasteiger partial charge in [0, 0.05) is 21.5 Å². The van der Waals surface area contributed by atoms with E-state index in [1.54, 1.807) is 6.07 Å². The highest BCUT2D eigenvalue weighted by Crippen LogP contribution is 2.27. The zero-order valence-electron chi connectivity index (χ0n) is 15.1. The second kappa shape index (κ2) is 7.88. The Kier molecular flexibility index (Phi) is 5.56. The molecule has 0 aliphatic carbocycles. The second-order valence-corrected chi connectivity index (χ2v) is 7.49. The molecular weight excluding hydrogens is 406 g/mol. The van der Waals surface area contributed by atoms with Gasteiger partial charge < -0.3 is 10.6 Å². The van der Waals surface area contributed by atoms with Crippen molar-refractivity contribution in [2.24, 2.45) is 5.73 Å². The van der Waals surface area contributed by atoms with Crippen LogP contribution in [0, 0.1) is 0 Å². The molecule has 3 rings (SSSR count). The van der Waals surface area contributed by atoms with Gasteiger partial charge in [-0.3, -0.25) is 9.59 Å². The molecule has 0 aliphatic heterocycles. The third-order valence-electron chi connectivity index (χ3n) is 4.30. The lowest BCUT2D eigenvalue weighted by Gasteiger charge is -2.26. The lowest BCUT2D eigenvalue weighted by molar-refractivity contribution is -0.119. The van der Waals surface area contributed by atoms with Crippen molar-refractivity contribution in [1.29, 1.82) is 0 Å². The van der Waals surface area contributed by atoms with Gasteiger partial charge in [0.15, 0.2) is 0 Å². The number of halogens is 1. The van der Waals surface area contributed by atoms with Gasteiger partial charge in [0.1, 0.15) is 0 Å². The van der Waals surface area contributed by atoms with Gasteiger partial charge in [0.2, 0.25) is 5.91 Å². The third-order valence-corrected chi connectivity index (χ3v) is 4.83. The first-order valence-electron chi connectivity index (χ1n) is 8.62. The number of fused-ring (bicyclic) bond motifs is 1.